The molecule has 0 unspecified atom stereocenters. The van der Waals surface area contributed by atoms with Gasteiger partial charge in [0.25, 0.3) is 10.0 Å². The van der Waals surface area contributed by atoms with Crippen molar-refractivity contribution in [1.29, 1.82) is 0 Å². The molecular formula is C13H13Cl2N3O2S. The summed E-state index contributed by atoms with van der Waals surface area (Å²) in [7, 11) is -3.84. The Morgan fingerprint density at radius 1 is 1.29 bits per heavy atom. The average molecular weight is 346 g/mol. The Kier molecular flexibility index (Phi) is 4.73. The van der Waals surface area contributed by atoms with Gasteiger partial charge in [0, 0.05) is 24.0 Å². The molecule has 2 rings (SSSR count). The van der Waals surface area contributed by atoms with Crippen LogP contribution in [0, 0.1) is 6.92 Å². The normalized spacial score (nSPS) is 11.4. The largest absolute Gasteiger partial charge is 0.326 e. The maximum Gasteiger partial charge on any atom is 0.263 e. The summed E-state index contributed by atoms with van der Waals surface area (Å²) in [5.41, 5.74) is 7.18. The third-order valence-electron chi connectivity index (χ3n) is 2.87. The second-order valence-corrected chi connectivity index (χ2v) is 6.84. The highest BCUT2D eigenvalue weighted by atomic mass is 35.5. The van der Waals surface area contributed by atoms with Gasteiger partial charge in [-0.3, -0.25) is 9.71 Å². The highest BCUT2D eigenvalue weighted by molar-refractivity contribution is 7.92. The molecule has 8 heteroatoms. The molecule has 0 fully saturated rings. The molecule has 1 heterocycles. The number of benzene rings is 1. The van der Waals surface area contributed by atoms with E-state index in [0.29, 0.717) is 21.8 Å². The fourth-order valence-electron chi connectivity index (χ4n) is 1.72. The van der Waals surface area contributed by atoms with Gasteiger partial charge in [0.15, 0.2) is 0 Å². The van der Waals surface area contributed by atoms with Crippen molar-refractivity contribution in [3.63, 3.8) is 0 Å². The minimum Gasteiger partial charge on any atom is -0.326 e. The van der Waals surface area contributed by atoms with E-state index in [1.54, 1.807) is 19.2 Å². The van der Waals surface area contributed by atoms with Crippen LogP contribution in [0.1, 0.15) is 11.1 Å². The smallest absolute Gasteiger partial charge is 0.263 e. The Balaban J connectivity index is 2.47. The van der Waals surface area contributed by atoms with Crippen molar-refractivity contribution in [2.24, 2.45) is 5.73 Å². The van der Waals surface area contributed by atoms with E-state index in [1.807, 2.05) is 0 Å². The maximum absolute atomic E-state index is 12.5. The molecule has 2 aromatic rings. The van der Waals surface area contributed by atoms with Crippen LogP contribution in [-0.2, 0) is 16.6 Å². The second kappa shape index (κ2) is 6.19. The van der Waals surface area contributed by atoms with Crippen LogP contribution >= 0.6 is 23.2 Å². The number of halogens is 2. The summed E-state index contributed by atoms with van der Waals surface area (Å²) in [6.07, 6.45) is 3.06. The molecule has 0 amide bonds. The van der Waals surface area contributed by atoms with E-state index in [4.69, 9.17) is 28.9 Å². The molecule has 0 bridgehead atoms. The first kappa shape index (κ1) is 16.0. The molecular weight excluding hydrogens is 333 g/mol. The maximum atomic E-state index is 12.5. The monoisotopic (exact) mass is 345 g/mol. The number of nitrogens with two attached hydrogens (primary N) is 1. The number of aromatic nitrogens is 1. The highest BCUT2D eigenvalue weighted by Gasteiger charge is 2.20. The molecule has 0 saturated carbocycles. The number of pyridine rings is 1. The summed E-state index contributed by atoms with van der Waals surface area (Å²) >= 11 is 11.9. The van der Waals surface area contributed by atoms with Crippen LogP contribution in [0.5, 0.6) is 0 Å². The Hall–Kier alpha value is -1.34. The molecule has 21 heavy (non-hydrogen) atoms. The lowest BCUT2D eigenvalue weighted by molar-refractivity contribution is 0.601. The predicted octanol–water partition coefficient (Wildman–Crippen LogP) is 2.96. The SMILES string of the molecule is Cc1cnccc1NS(=O)(=O)c1cc(CN)c(Cl)cc1Cl. The highest BCUT2D eigenvalue weighted by Crippen LogP contribution is 2.30. The number of anilines is 1. The van der Waals surface area contributed by atoms with Crippen molar-refractivity contribution < 1.29 is 8.42 Å². The lowest BCUT2D eigenvalue weighted by Crippen LogP contribution is -2.15. The van der Waals surface area contributed by atoms with Crippen LogP contribution < -0.4 is 10.5 Å². The standard InChI is InChI=1S/C13H13Cl2N3O2S/c1-8-7-17-3-2-12(8)18-21(19,20)13-4-9(6-16)10(14)5-11(13)15/h2-5,7H,6,16H2,1H3,(H,17,18). The summed E-state index contributed by atoms with van der Waals surface area (Å²) in [6.45, 7) is 1.87. The Labute approximate surface area is 133 Å². The number of hydrogen-bond acceptors (Lipinski definition) is 4. The number of nitrogens with zero attached hydrogens (tertiary/aromatic N) is 1. The minimum absolute atomic E-state index is 0.0383. The summed E-state index contributed by atoms with van der Waals surface area (Å²) in [4.78, 5) is 3.84. The molecule has 3 N–H and O–H groups in total. The fraction of sp³-hybridized carbons (Fsp3) is 0.154. The summed E-state index contributed by atoms with van der Waals surface area (Å²) < 4.78 is 27.4. The van der Waals surface area contributed by atoms with Crippen LogP contribution in [-0.4, -0.2) is 13.4 Å². The van der Waals surface area contributed by atoms with Gasteiger partial charge in [-0.05, 0) is 36.2 Å². The first-order valence-electron chi connectivity index (χ1n) is 5.96. The Morgan fingerprint density at radius 3 is 2.62 bits per heavy atom. The van der Waals surface area contributed by atoms with Crippen LogP contribution in [0.2, 0.25) is 10.0 Å². The van der Waals surface area contributed by atoms with E-state index in [2.05, 4.69) is 9.71 Å². The predicted molar refractivity (Wildman–Crippen MR) is 84.1 cm³/mol. The zero-order valence-corrected chi connectivity index (χ0v) is 13.4. The van der Waals surface area contributed by atoms with Crippen molar-refractivity contribution in [3.05, 3.63) is 51.8 Å². The van der Waals surface area contributed by atoms with Crippen molar-refractivity contribution in [1.82, 2.24) is 4.98 Å². The molecule has 0 radical (unpaired) electrons. The molecule has 0 atom stereocenters. The quantitative estimate of drug-likeness (QED) is 0.891. The van der Waals surface area contributed by atoms with Gasteiger partial charge in [-0.25, -0.2) is 8.42 Å². The zero-order chi connectivity index (χ0) is 15.6. The van der Waals surface area contributed by atoms with Crippen molar-refractivity contribution in [3.8, 4) is 0 Å². The average Bonchev–Trinajstić information content (AvgIpc) is 2.41. The number of hydrogen-bond donors (Lipinski definition) is 2. The molecule has 0 spiro atoms. The van der Waals surface area contributed by atoms with E-state index in [9.17, 15) is 8.42 Å². The van der Waals surface area contributed by atoms with E-state index < -0.39 is 10.0 Å². The molecule has 0 aliphatic carbocycles. The number of rotatable bonds is 4. The molecule has 112 valence electrons. The van der Waals surface area contributed by atoms with Gasteiger partial charge >= 0.3 is 0 Å². The zero-order valence-electron chi connectivity index (χ0n) is 11.1. The molecule has 1 aromatic carbocycles. The third kappa shape index (κ3) is 3.47. The molecule has 0 aliphatic rings. The van der Waals surface area contributed by atoms with Gasteiger partial charge in [0.05, 0.1) is 10.7 Å². The van der Waals surface area contributed by atoms with Gasteiger partial charge < -0.3 is 5.73 Å². The first-order chi connectivity index (χ1) is 9.85. The molecule has 1 aromatic heterocycles. The van der Waals surface area contributed by atoms with Crippen molar-refractivity contribution in [2.75, 3.05) is 4.72 Å². The van der Waals surface area contributed by atoms with Crippen LogP contribution in [0.15, 0.2) is 35.5 Å². The number of nitrogens with one attached hydrogen (secondary N) is 1. The lowest BCUT2D eigenvalue weighted by Gasteiger charge is -2.13. The molecule has 5 nitrogen and oxygen atoms in total. The van der Waals surface area contributed by atoms with E-state index >= 15 is 0 Å². The molecule has 0 aliphatic heterocycles. The summed E-state index contributed by atoms with van der Waals surface area (Å²) in [5, 5.41) is 0.373. The van der Waals surface area contributed by atoms with Crippen LogP contribution in [0.25, 0.3) is 0 Å². The fourth-order valence-corrected chi connectivity index (χ4v) is 3.73. The van der Waals surface area contributed by atoms with Crippen molar-refractivity contribution >= 4 is 38.9 Å². The first-order valence-corrected chi connectivity index (χ1v) is 8.20. The van der Waals surface area contributed by atoms with Gasteiger partial charge in [-0.2, -0.15) is 0 Å². The summed E-state index contributed by atoms with van der Waals surface area (Å²) in [5.74, 6) is 0. The van der Waals surface area contributed by atoms with Gasteiger partial charge in [-0.1, -0.05) is 23.2 Å². The summed E-state index contributed by atoms with van der Waals surface area (Å²) in [6, 6.07) is 4.32. The van der Waals surface area contributed by atoms with Gasteiger partial charge in [0.2, 0.25) is 0 Å². The number of sulfonamides is 1. The topological polar surface area (TPSA) is 85.1 Å². The van der Waals surface area contributed by atoms with E-state index in [1.165, 1.54) is 18.3 Å². The van der Waals surface area contributed by atoms with E-state index in [-0.39, 0.29) is 16.5 Å². The van der Waals surface area contributed by atoms with Gasteiger partial charge in [-0.15, -0.1) is 0 Å². The second-order valence-electron chi connectivity index (χ2n) is 4.37. The Bertz CT molecular complexity index is 779. The van der Waals surface area contributed by atoms with Crippen LogP contribution in [0.4, 0.5) is 5.69 Å². The minimum atomic E-state index is -3.84. The lowest BCUT2D eigenvalue weighted by atomic mass is 10.2. The molecule has 0 saturated heterocycles. The van der Waals surface area contributed by atoms with E-state index in [0.717, 1.165) is 0 Å². The van der Waals surface area contributed by atoms with Crippen LogP contribution in [0.3, 0.4) is 0 Å². The third-order valence-corrected chi connectivity index (χ3v) is 5.06. The number of aryl methyl sites for hydroxylation is 1. The Morgan fingerprint density at radius 2 is 2.00 bits per heavy atom. The van der Waals surface area contributed by atoms with Gasteiger partial charge in [0.1, 0.15) is 4.90 Å². The van der Waals surface area contributed by atoms with Crippen molar-refractivity contribution in [2.45, 2.75) is 18.4 Å².